The van der Waals surface area contributed by atoms with Crippen LogP contribution in [0.15, 0.2) is 18.2 Å². The molecule has 1 N–H and O–H groups in total. The quantitative estimate of drug-likeness (QED) is 0.333. The van der Waals surface area contributed by atoms with Crippen molar-refractivity contribution in [2.45, 2.75) is 46.8 Å². The van der Waals surface area contributed by atoms with Gasteiger partial charge in [-0.15, -0.1) is 11.3 Å². The van der Waals surface area contributed by atoms with E-state index in [0.29, 0.717) is 21.0 Å². The number of thiazole rings is 1. The molecule has 0 radical (unpaired) electrons. The first-order valence-corrected chi connectivity index (χ1v) is 10.2. The molecule has 0 spiro atoms. The van der Waals surface area contributed by atoms with Gasteiger partial charge in [-0.05, 0) is 6.92 Å². The number of aliphatic hydroxyl groups is 1. The van der Waals surface area contributed by atoms with Crippen molar-refractivity contribution in [1.29, 1.82) is 0 Å². The maximum absolute atomic E-state index is 12.7. The van der Waals surface area contributed by atoms with Crippen LogP contribution in [0, 0.1) is 17.3 Å². The summed E-state index contributed by atoms with van der Waals surface area (Å²) in [6.45, 7) is 8.83. The van der Waals surface area contributed by atoms with Gasteiger partial charge in [0, 0.05) is 23.1 Å². The molecule has 0 bridgehead atoms. The molecule has 0 aromatic carbocycles. The number of carbonyl (C=O) groups is 3. The Morgan fingerprint density at radius 3 is 2.50 bits per heavy atom. The second kappa shape index (κ2) is 7.56. The van der Waals surface area contributed by atoms with Crippen molar-refractivity contribution in [3.05, 3.63) is 28.8 Å². The third-order valence-electron chi connectivity index (χ3n) is 5.74. The van der Waals surface area contributed by atoms with E-state index in [0.717, 1.165) is 0 Å². The predicted octanol–water partition coefficient (Wildman–Crippen LogP) is -2.05. The van der Waals surface area contributed by atoms with Gasteiger partial charge < -0.3 is 19.9 Å². The summed E-state index contributed by atoms with van der Waals surface area (Å²) in [5, 5.41) is 21.9. The van der Waals surface area contributed by atoms with Crippen molar-refractivity contribution < 1.29 is 54.2 Å². The van der Waals surface area contributed by atoms with Crippen molar-refractivity contribution >= 4 is 39.4 Å². The van der Waals surface area contributed by atoms with E-state index in [1.165, 1.54) is 29.5 Å². The van der Waals surface area contributed by atoms with E-state index in [9.17, 15) is 24.6 Å². The van der Waals surface area contributed by atoms with Gasteiger partial charge in [-0.1, -0.05) is 27.7 Å². The number of carbonyl (C=O) groups excluding carboxylic acids is 3. The van der Waals surface area contributed by atoms with Gasteiger partial charge in [0.05, 0.1) is 34.6 Å². The van der Waals surface area contributed by atoms with E-state index in [2.05, 4.69) is 4.98 Å². The van der Waals surface area contributed by atoms with Crippen LogP contribution in [-0.4, -0.2) is 49.2 Å². The number of fused-ring (bicyclic) bond motifs is 2. The van der Waals surface area contributed by atoms with Crippen molar-refractivity contribution in [1.82, 2.24) is 14.3 Å². The number of hydrogen-bond acceptors (Lipinski definition) is 7. The zero-order valence-electron chi connectivity index (χ0n) is 17.8. The van der Waals surface area contributed by atoms with Gasteiger partial charge in [0.1, 0.15) is 16.9 Å². The van der Waals surface area contributed by atoms with Crippen molar-refractivity contribution in [3.8, 4) is 0 Å². The number of Topliss-reactive ketones (excluding diaryl/α,β-unsaturated/α-hetero) is 1. The summed E-state index contributed by atoms with van der Waals surface area (Å²) >= 11 is 1.27. The van der Waals surface area contributed by atoms with Crippen LogP contribution in [0.2, 0.25) is 0 Å². The third kappa shape index (κ3) is 3.18. The maximum atomic E-state index is 12.7. The molecule has 0 aliphatic carbocycles. The molecule has 1 saturated heterocycles. The number of carboxylic acids is 1. The molecular weight excluding hydrogens is 417 g/mol. The second-order valence-electron chi connectivity index (χ2n) is 8.78. The molecule has 4 rings (SSSR count). The number of β-lactam (4-membered cyclic amide) rings is 1. The molecule has 0 unspecified atom stereocenters. The average molecular weight is 439 g/mol. The molecule has 8 nitrogen and oxygen atoms in total. The molecule has 0 saturated carbocycles. The molecule has 1 fully saturated rings. The van der Waals surface area contributed by atoms with E-state index in [4.69, 9.17) is 0 Å². The minimum atomic E-state index is -1.42. The summed E-state index contributed by atoms with van der Waals surface area (Å²) in [6.07, 6.45) is 2.40. The minimum Gasteiger partial charge on any atom is -0.543 e. The number of carboxylic acid groups (broad SMARTS) is 1. The zero-order valence-corrected chi connectivity index (χ0v) is 20.6. The molecule has 4 heterocycles. The number of ketones is 1. The van der Waals surface area contributed by atoms with Crippen LogP contribution in [-0.2, 0) is 9.59 Å². The van der Waals surface area contributed by atoms with Gasteiger partial charge >= 0.3 is 29.6 Å². The first kappa shape index (κ1) is 23.1. The van der Waals surface area contributed by atoms with Crippen molar-refractivity contribution in [2.24, 2.45) is 17.3 Å². The second-order valence-corrected chi connectivity index (χ2v) is 9.81. The van der Waals surface area contributed by atoms with Gasteiger partial charge in [0.25, 0.3) is 0 Å². The van der Waals surface area contributed by atoms with E-state index in [-0.39, 0.29) is 47.0 Å². The Hall–Kier alpha value is -1.52. The standard InChI is InChI=1S/C20H23N3O5S.Na/c1-8-11(15(19(27)28)23-14(8)12(9(2)24)17(23)26)10-6-22-7-21-13(18(22)29-10)16(25)20(3,4)5;/h6-9,12,14,24H,1-5H3,(H,27,28);/q;+1/p-1/t8-,9+,12+,14+;/m0./s1. The number of aliphatic carboxylic acids is 1. The molecule has 10 heteroatoms. The molecule has 2 aliphatic heterocycles. The smallest absolute Gasteiger partial charge is 0.543 e. The van der Waals surface area contributed by atoms with Crippen LogP contribution in [0.5, 0.6) is 0 Å². The molecule has 4 atom stereocenters. The number of nitrogens with zero attached hydrogens (tertiary/aromatic N) is 3. The SMILES string of the molecule is C[C@@H](O)[C@H]1C(=O)N2C(C(=O)[O-])=C(c3cn4cnc(C(=O)C(C)(C)C)c4s3)[C@H](C)[C@H]12.[Na+]. The summed E-state index contributed by atoms with van der Waals surface area (Å²) in [5.41, 5.74) is 0.0904. The minimum absolute atomic E-state index is 0. The summed E-state index contributed by atoms with van der Waals surface area (Å²) in [4.78, 5) is 43.9. The Bertz CT molecular complexity index is 1090. The molecule has 1 amide bonds. The van der Waals surface area contributed by atoms with Gasteiger partial charge in [-0.2, -0.15) is 0 Å². The Balaban J connectivity index is 0.00000256. The van der Waals surface area contributed by atoms with Crippen LogP contribution in [0.4, 0.5) is 0 Å². The topological polar surface area (TPSA) is 115 Å². The fraction of sp³-hybridized carbons (Fsp3) is 0.500. The molecule has 2 aromatic heterocycles. The Morgan fingerprint density at radius 2 is 1.97 bits per heavy atom. The summed E-state index contributed by atoms with van der Waals surface area (Å²) < 4.78 is 1.70. The molecule has 2 aliphatic rings. The summed E-state index contributed by atoms with van der Waals surface area (Å²) in [5.74, 6) is -2.86. The number of imidazole rings is 1. The van der Waals surface area contributed by atoms with Gasteiger partial charge in [0.2, 0.25) is 5.91 Å². The van der Waals surface area contributed by atoms with Gasteiger partial charge in [-0.3, -0.25) is 14.0 Å². The van der Waals surface area contributed by atoms with Crippen LogP contribution in [0.3, 0.4) is 0 Å². The molecule has 154 valence electrons. The van der Waals surface area contributed by atoms with Gasteiger partial charge in [-0.25, -0.2) is 4.98 Å². The number of aromatic nitrogens is 2. The third-order valence-corrected chi connectivity index (χ3v) is 6.88. The Labute approximate surface area is 199 Å². The fourth-order valence-electron chi connectivity index (χ4n) is 4.32. The average Bonchev–Trinajstić information content (AvgIpc) is 3.22. The van der Waals surface area contributed by atoms with Crippen molar-refractivity contribution in [2.75, 3.05) is 0 Å². The maximum Gasteiger partial charge on any atom is 1.00 e. The number of aliphatic hydroxyl groups excluding tert-OH is 1. The Morgan fingerprint density at radius 1 is 1.33 bits per heavy atom. The molecule has 2 aromatic rings. The van der Waals surface area contributed by atoms with E-state index >= 15 is 0 Å². The van der Waals surface area contributed by atoms with E-state index in [1.807, 2.05) is 27.7 Å². The largest absolute Gasteiger partial charge is 1.00 e. The van der Waals surface area contributed by atoms with Gasteiger partial charge in [0.15, 0.2) is 5.78 Å². The van der Waals surface area contributed by atoms with Crippen molar-refractivity contribution in [3.63, 3.8) is 0 Å². The van der Waals surface area contributed by atoms with Crippen LogP contribution < -0.4 is 34.7 Å². The summed E-state index contributed by atoms with van der Waals surface area (Å²) in [6, 6.07) is -0.416. The van der Waals surface area contributed by atoms with Crippen LogP contribution >= 0.6 is 11.3 Å². The number of hydrogen-bond donors (Lipinski definition) is 1. The first-order valence-electron chi connectivity index (χ1n) is 9.43. The molecule has 30 heavy (non-hydrogen) atoms. The number of rotatable bonds is 4. The first-order chi connectivity index (χ1) is 13.4. The fourth-order valence-corrected chi connectivity index (χ4v) is 5.53. The predicted molar refractivity (Wildman–Crippen MR) is 104 cm³/mol. The molecular formula is C20H22N3NaO5S. The zero-order chi connectivity index (χ0) is 21.4. The van der Waals surface area contributed by atoms with Crippen LogP contribution in [0.25, 0.3) is 10.4 Å². The normalized spacial score (nSPS) is 24.5. The van der Waals surface area contributed by atoms with Crippen LogP contribution in [0.1, 0.15) is 50.0 Å². The summed E-state index contributed by atoms with van der Waals surface area (Å²) in [7, 11) is 0. The Kier molecular flexibility index (Phi) is 5.83. The monoisotopic (exact) mass is 439 g/mol. The number of amides is 1. The van der Waals surface area contributed by atoms with E-state index < -0.39 is 35.4 Å². The van der Waals surface area contributed by atoms with E-state index in [1.54, 1.807) is 10.6 Å².